The standard InChI is InChI=1S/C14H17ClN2O3S/c1-10(11-3-5-12(15)6-4-11)17-9-13-7-8-14(20-13)21(18,19)16-2/h3-8,10,16-17H,9H2,1-2H3/t10-/m0/s1. The Hall–Kier alpha value is -1.34. The molecule has 1 atom stereocenters. The first-order valence-electron chi connectivity index (χ1n) is 6.43. The van der Waals surface area contributed by atoms with E-state index in [4.69, 9.17) is 16.0 Å². The van der Waals surface area contributed by atoms with Gasteiger partial charge in [-0.05, 0) is 43.8 Å². The molecule has 0 saturated carbocycles. The predicted octanol–water partition coefficient (Wildman–Crippen LogP) is 2.69. The van der Waals surface area contributed by atoms with Crippen LogP contribution in [0.15, 0.2) is 45.9 Å². The molecule has 0 aliphatic rings. The van der Waals surface area contributed by atoms with Crippen molar-refractivity contribution in [3.05, 3.63) is 52.7 Å². The van der Waals surface area contributed by atoms with Crippen molar-refractivity contribution in [3.8, 4) is 0 Å². The minimum Gasteiger partial charge on any atom is -0.447 e. The van der Waals surface area contributed by atoms with Gasteiger partial charge in [-0.2, -0.15) is 0 Å². The van der Waals surface area contributed by atoms with Gasteiger partial charge in [-0.3, -0.25) is 0 Å². The fraction of sp³-hybridized carbons (Fsp3) is 0.286. The van der Waals surface area contributed by atoms with Gasteiger partial charge in [-0.1, -0.05) is 23.7 Å². The number of sulfonamides is 1. The summed E-state index contributed by atoms with van der Waals surface area (Å²) in [6.45, 7) is 2.44. The quantitative estimate of drug-likeness (QED) is 0.855. The van der Waals surface area contributed by atoms with Crippen LogP contribution in [0.3, 0.4) is 0 Å². The van der Waals surface area contributed by atoms with Gasteiger partial charge in [0, 0.05) is 11.1 Å². The molecule has 1 heterocycles. The third kappa shape index (κ3) is 4.07. The summed E-state index contributed by atoms with van der Waals surface area (Å²) in [6, 6.07) is 10.7. The van der Waals surface area contributed by atoms with Crippen LogP contribution in [0.25, 0.3) is 0 Å². The van der Waals surface area contributed by atoms with Gasteiger partial charge in [0.1, 0.15) is 5.76 Å². The smallest absolute Gasteiger partial charge is 0.273 e. The second-order valence-electron chi connectivity index (χ2n) is 4.58. The molecule has 0 saturated heterocycles. The first-order chi connectivity index (χ1) is 9.92. The van der Waals surface area contributed by atoms with Gasteiger partial charge in [0.05, 0.1) is 6.54 Å². The Morgan fingerprint density at radius 2 is 1.86 bits per heavy atom. The minimum atomic E-state index is -3.53. The zero-order valence-corrected chi connectivity index (χ0v) is 13.3. The fourth-order valence-corrected chi connectivity index (χ4v) is 2.61. The second-order valence-corrected chi connectivity index (χ2v) is 6.84. The van der Waals surface area contributed by atoms with Crippen LogP contribution in [-0.4, -0.2) is 15.5 Å². The van der Waals surface area contributed by atoms with Crippen molar-refractivity contribution in [2.45, 2.75) is 24.6 Å². The minimum absolute atomic E-state index is 0.0825. The van der Waals surface area contributed by atoms with Crippen LogP contribution in [0.4, 0.5) is 0 Å². The van der Waals surface area contributed by atoms with Gasteiger partial charge < -0.3 is 9.73 Å². The lowest BCUT2D eigenvalue weighted by atomic mass is 10.1. The van der Waals surface area contributed by atoms with E-state index >= 15 is 0 Å². The van der Waals surface area contributed by atoms with Crippen LogP contribution in [0.2, 0.25) is 5.02 Å². The lowest BCUT2D eigenvalue weighted by Gasteiger charge is -2.13. The first kappa shape index (κ1) is 16.0. The average molecular weight is 329 g/mol. The highest BCUT2D eigenvalue weighted by Gasteiger charge is 2.16. The molecule has 0 fully saturated rings. The molecule has 7 heteroatoms. The van der Waals surface area contributed by atoms with E-state index < -0.39 is 10.0 Å². The summed E-state index contributed by atoms with van der Waals surface area (Å²) in [4.78, 5) is 0. The van der Waals surface area contributed by atoms with Gasteiger partial charge in [0.15, 0.2) is 0 Å². The van der Waals surface area contributed by atoms with E-state index in [1.165, 1.54) is 13.1 Å². The summed E-state index contributed by atoms with van der Waals surface area (Å²) in [5, 5.41) is 3.88. The van der Waals surface area contributed by atoms with E-state index in [-0.39, 0.29) is 11.1 Å². The lowest BCUT2D eigenvalue weighted by molar-refractivity contribution is 0.392. The molecule has 21 heavy (non-hydrogen) atoms. The summed E-state index contributed by atoms with van der Waals surface area (Å²) < 4.78 is 30.7. The maximum atomic E-state index is 11.6. The molecule has 0 radical (unpaired) electrons. The van der Waals surface area contributed by atoms with Crippen molar-refractivity contribution < 1.29 is 12.8 Å². The van der Waals surface area contributed by atoms with E-state index in [2.05, 4.69) is 10.0 Å². The molecule has 2 aromatic rings. The Morgan fingerprint density at radius 3 is 2.48 bits per heavy atom. The summed E-state index contributed by atoms with van der Waals surface area (Å²) in [7, 11) is -2.19. The highest BCUT2D eigenvalue weighted by Crippen LogP contribution is 2.18. The third-order valence-electron chi connectivity index (χ3n) is 3.12. The molecular formula is C14H17ClN2O3S. The van der Waals surface area contributed by atoms with Crippen molar-refractivity contribution in [1.29, 1.82) is 0 Å². The van der Waals surface area contributed by atoms with E-state index in [0.29, 0.717) is 17.3 Å². The van der Waals surface area contributed by atoms with Crippen molar-refractivity contribution in [2.75, 3.05) is 7.05 Å². The molecule has 0 unspecified atom stereocenters. The molecule has 0 spiro atoms. The Balaban J connectivity index is 1.99. The van der Waals surface area contributed by atoms with Crippen molar-refractivity contribution in [2.24, 2.45) is 0 Å². The average Bonchev–Trinajstić information content (AvgIpc) is 2.95. The van der Waals surface area contributed by atoms with Crippen molar-refractivity contribution >= 4 is 21.6 Å². The Kier molecular flexibility index (Phi) is 5.05. The number of nitrogens with one attached hydrogen (secondary N) is 2. The van der Waals surface area contributed by atoms with E-state index in [1.807, 2.05) is 31.2 Å². The van der Waals surface area contributed by atoms with E-state index in [1.54, 1.807) is 6.07 Å². The van der Waals surface area contributed by atoms with E-state index in [9.17, 15) is 8.42 Å². The van der Waals surface area contributed by atoms with Crippen LogP contribution in [0.5, 0.6) is 0 Å². The van der Waals surface area contributed by atoms with Crippen LogP contribution in [0.1, 0.15) is 24.3 Å². The van der Waals surface area contributed by atoms with Gasteiger partial charge in [-0.15, -0.1) is 0 Å². The number of benzene rings is 1. The van der Waals surface area contributed by atoms with Crippen LogP contribution in [-0.2, 0) is 16.6 Å². The Bertz CT molecular complexity index is 695. The number of hydrogen-bond donors (Lipinski definition) is 2. The molecule has 2 rings (SSSR count). The van der Waals surface area contributed by atoms with Gasteiger partial charge in [-0.25, -0.2) is 13.1 Å². The van der Waals surface area contributed by atoms with Gasteiger partial charge in [0.25, 0.3) is 10.0 Å². The summed E-state index contributed by atoms with van der Waals surface area (Å²) in [6.07, 6.45) is 0. The Morgan fingerprint density at radius 1 is 1.19 bits per heavy atom. The molecule has 0 bridgehead atoms. The number of hydrogen-bond acceptors (Lipinski definition) is 4. The fourth-order valence-electron chi connectivity index (χ4n) is 1.82. The van der Waals surface area contributed by atoms with Crippen LogP contribution < -0.4 is 10.0 Å². The SMILES string of the molecule is CNS(=O)(=O)c1ccc(CN[C@@H](C)c2ccc(Cl)cc2)o1. The number of furan rings is 1. The van der Waals surface area contributed by atoms with Crippen molar-refractivity contribution in [3.63, 3.8) is 0 Å². The monoisotopic (exact) mass is 328 g/mol. The van der Waals surface area contributed by atoms with Crippen LogP contribution >= 0.6 is 11.6 Å². The normalized spacial score (nSPS) is 13.3. The van der Waals surface area contributed by atoms with Gasteiger partial charge >= 0.3 is 0 Å². The number of halogens is 1. The largest absolute Gasteiger partial charge is 0.447 e. The maximum Gasteiger partial charge on any atom is 0.273 e. The molecule has 1 aromatic heterocycles. The highest BCUT2D eigenvalue weighted by molar-refractivity contribution is 7.89. The number of rotatable bonds is 6. The summed E-state index contributed by atoms with van der Waals surface area (Å²) in [5.41, 5.74) is 1.09. The van der Waals surface area contributed by atoms with Crippen molar-refractivity contribution in [1.82, 2.24) is 10.0 Å². The topological polar surface area (TPSA) is 71.3 Å². The predicted molar refractivity (Wildman–Crippen MR) is 81.7 cm³/mol. The first-order valence-corrected chi connectivity index (χ1v) is 8.29. The molecule has 1 aromatic carbocycles. The summed E-state index contributed by atoms with van der Waals surface area (Å²) in [5.74, 6) is 0.560. The van der Waals surface area contributed by atoms with Gasteiger partial charge in [0.2, 0.25) is 5.09 Å². The summed E-state index contributed by atoms with van der Waals surface area (Å²) >= 11 is 5.85. The molecule has 0 aliphatic carbocycles. The Labute approximate surface area is 129 Å². The molecule has 5 nitrogen and oxygen atoms in total. The molecule has 114 valence electrons. The highest BCUT2D eigenvalue weighted by atomic mass is 35.5. The second kappa shape index (κ2) is 6.62. The van der Waals surface area contributed by atoms with E-state index in [0.717, 1.165) is 5.56 Å². The van der Waals surface area contributed by atoms with Crippen LogP contribution in [0, 0.1) is 0 Å². The zero-order valence-electron chi connectivity index (χ0n) is 11.8. The third-order valence-corrected chi connectivity index (χ3v) is 4.66. The maximum absolute atomic E-state index is 11.6. The zero-order chi connectivity index (χ0) is 15.5. The molecule has 0 aliphatic heterocycles. The molecular weight excluding hydrogens is 312 g/mol. The molecule has 0 amide bonds. The lowest BCUT2D eigenvalue weighted by Crippen LogP contribution is -2.18. The molecule has 2 N–H and O–H groups in total.